The average molecular weight is 332 g/mol. The summed E-state index contributed by atoms with van der Waals surface area (Å²) in [4.78, 5) is 3.19. The molecule has 126 valence electrons. The van der Waals surface area contributed by atoms with E-state index in [-0.39, 0.29) is 0 Å². The van der Waals surface area contributed by atoms with Gasteiger partial charge in [0.25, 0.3) is 0 Å². The van der Waals surface area contributed by atoms with Gasteiger partial charge in [0.15, 0.2) is 0 Å². The highest BCUT2D eigenvalue weighted by Gasteiger charge is 2.48. The minimum absolute atomic E-state index is 0.430. The van der Waals surface area contributed by atoms with Crippen LogP contribution in [0.25, 0.3) is 21.7 Å². The normalized spacial score (nSPS) is 13.7. The summed E-state index contributed by atoms with van der Waals surface area (Å²) in [5.74, 6) is 0. The van der Waals surface area contributed by atoms with Gasteiger partial charge in [0.05, 0.1) is 0 Å². The Kier molecular flexibility index (Phi) is 4.30. The predicted molar refractivity (Wildman–Crippen MR) is 97.6 cm³/mol. The molecule has 0 saturated carbocycles. The third-order valence-corrected chi connectivity index (χ3v) is 4.41. The summed E-state index contributed by atoms with van der Waals surface area (Å²) in [6, 6.07) is 19.5. The molecule has 0 aliphatic heterocycles. The Hall–Kier alpha value is -3.11. The molecular weight excluding hydrogens is 312 g/mol. The van der Waals surface area contributed by atoms with E-state index in [1.54, 1.807) is 0 Å². The van der Waals surface area contributed by atoms with Crippen molar-refractivity contribution in [1.29, 1.82) is 0 Å². The lowest BCUT2D eigenvalue weighted by Gasteiger charge is -2.40. The van der Waals surface area contributed by atoms with E-state index in [1.807, 2.05) is 81.4 Å². The molecule has 0 aliphatic rings. The van der Waals surface area contributed by atoms with Crippen LogP contribution in [-0.2, 0) is 5.54 Å². The maximum atomic E-state index is 9.39. The summed E-state index contributed by atoms with van der Waals surface area (Å²) in [5.41, 5.74) is 11.1. The van der Waals surface area contributed by atoms with Gasteiger partial charge in [-0.15, -0.1) is 0 Å². The van der Waals surface area contributed by atoms with Crippen LogP contribution in [0.3, 0.4) is 0 Å². The molecule has 3 rings (SSSR count). The fourth-order valence-corrected chi connectivity index (χ4v) is 3.21. The van der Waals surface area contributed by atoms with E-state index in [1.165, 1.54) is 0 Å². The number of hydrogen-bond acceptors (Lipinski definition) is 3. The Bertz CT molecular complexity index is 888. The molecule has 0 amide bonds. The van der Waals surface area contributed by atoms with Gasteiger partial charge in [0.2, 0.25) is 0 Å². The van der Waals surface area contributed by atoms with Gasteiger partial charge in [-0.1, -0.05) is 86.5 Å². The summed E-state index contributed by atoms with van der Waals surface area (Å²) in [6.45, 7) is 6.12. The van der Waals surface area contributed by atoms with Crippen LogP contribution in [-0.4, -0.2) is 15.4 Å². The zero-order valence-corrected chi connectivity index (χ0v) is 14.5. The van der Waals surface area contributed by atoms with Crippen LogP contribution < -0.4 is 0 Å². The summed E-state index contributed by atoms with van der Waals surface area (Å²) < 4.78 is 0. The van der Waals surface area contributed by atoms with Crippen molar-refractivity contribution in [3.05, 3.63) is 82.4 Å². The lowest BCUT2D eigenvalue weighted by Crippen LogP contribution is -2.40. The van der Waals surface area contributed by atoms with Gasteiger partial charge in [-0.25, -0.2) is 0 Å². The van der Waals surface area contributed by atoms with Crippen LogP contribution in [0.15, 0.2) is 65.8 Å². The predicted octanol–water partition coefficient (Wildman–Crippen LogP) is 5.07. The van der Waals surface area contributed by atoms with E-state index < -0.39 is 11.0 Å². The van der Waals surface area contributed by atoms with Crippen LogP contribution >= 0.6 is 0 Å². The Morgan fingerprint density at radius 2 is 1.52 bits per heavy atom. The number of azide groups is 1. The first kappa shape index (κ1) is 16.7. The molecule has 1 aromatic heterocycles. The fraction of sp³-hybridized carbons (Fsp3) is 0.263. The van der Waals surface area contributed by atoms with Crippen molar-refractivity contribution in [2.24, 2.45) is 10.5 Å². The maximum absolute atomic E-state index is 9.39. The summed E-state index contributed by atoms with van der Waals surface area (Å²) in [5, 5.41) is 15.8. The molecule has 25 heavy (non-hydrogen) atoms. The third-order valence-electron chi connectivity index (χ3n) is 4.41. The zero-order valence-electron chi connectivity index (χ0n) is 14.5. The van der Waals surface area contributed by atoms with Crippen molar-refractivity contribution >= 4 is 0 Å². The lowest BCUT2D eigenvalue weighted by molar-refractivity contribution is 0.229. The second-order valence-electron chi connectivity index (χ2n) is 6.90. The number of hydrogen-bond donors (Lipinski definition) is 1. The second kappa shape index (κ2) is 6.42. The number of H-pyrrole nitrogens is 1. The van der Waals surface area contributed by atoms with E-state index in [0.717, 1.165) is 11.1 Å². The molecule has 1 N–H and O–H groups in total. The molecule has 3 aromatic rings. The minimum atomic E-state index is -0.999. The van der Waals surface area contributed by atoms with Gasteiger partial charge >= 0.3 is 0 Å². The Morgan fingerprint density at radius 3 is 2.08 bits per heavy atom. The first-order chi connectivity index (χ1) is 12.0. The molecule has 0 saturated heterocycles. The van der Waals surface area contributed by atoms with Crippen LogP contribution in [0.2, 0.25) is 0 Å². The summed E-state index contributed by atoms with van der Waals surface area (Å²) >= 11 is 0. The van der Waals surface area contributed by atoms with E-state index in [0.29, 0.717) is 11.4 Å². The first-order valence-corrected chi connectivity index (χ1v) is 8.09. The van der Waals surface area contributed by atoms with E-state index in [4.69, 9.17) is 0 Å². The highest BCUT2D eigenvalue weighted by molar-refractivity contribution is 5.64. The second-order valence-corrected chi connectivity index (χ2v) is 6.90. The Morgan fingerprint density at radius 1 is 0.920 bits per heavy atom. The van der Waals surface area contributed by atoms with Gasteiger partial charge in [0, 0.05) is 10.5 Å². The molecule has 6 heteroatoms. The molecule has 0 bridgehead atoms. The molecule has 1 unspecified atom stereocenters. The molecule has 1 heterocycles. The SMILES string of the molecule is CC(C)(C)C(N=[N+]=[N-])(c1ccccc1)c1n[nH]nc1-c1ccccc1. The van der Waals surface area contributed by atoms with Gasteiger partial charge in [-0.3, -0.25) is 0 Å². The maximum Gasteiger partial charge on any atom is 0.125 e. The van der Waals surface area contributed by atoms with Gasteiger partial charge < -0.3 is 0 Å². The van der Waals surface area contributed by atoms with Crippen molar-refractivity contribution in [3.63, 3.8) is 0 Å². The molecule has 1 atom stereocenters. The highest BCUT2D eigenvalue weighted by Crippen LogP contribution is 2.49. The molecule has 0 radical (unpaired) electrons. The zero-order chi connectivity index (χ0) is 17.9. The van der Waals surface area contributed by atoms with Crippen molar-refractivity contribution < 1.29 is 0 Å². The largest absolute Gasteiger partial charge is 0.197 e. The van der Waals surface area contributed by atoms with Gasteiger partial charge in [-0.05, 0) is 16.5 Å². The molecule has 0 spiro atoms. The van der Waals surface area contributed by atoms with Crippen molar-refractivity contribution in [2.75, 3.05) is 0 Å². The number of rotatable bonds is 4. The smallest absolute Gasteiger partial charge is 0.125 e. The summed E-state index contributed by atoms with van der Waals surface area (Å²) in [6.07, 6.45) is 0. The van der Waals surface area contributed by atoms with Crippen molar-refractivity contribution in [3.8, 4) is 11.3 Å². The number of nitrogens with zero attached hydrogens (tertiary/aromatic N) is 5. The molecular formula is C19H20N6. The van der Waals surface area contributed by atoms with E-state index >= 15 is 0 Å². The van der Waals surface area contributed by atoms with E-state index in [2.05, 4.69) is 25.4 Å². The molecule has 6 nitrogen and oxygen atoms in total. The number of nitrogens with one attached hydrogen (secondary N) is 1. The Balaban J connectivity index is 2.35. The van der Waals surface area contributed by atoms with Gasteiger partial charge in [-0.2, -0.15) is 15.4 Å². The van der Waals surface area contributed by atoms with Crippen molar-refractivity contribution in [1.82, 2.24) is 15.4 Å². The topological polar surface area (TPSA) is 90.3 Å². The van der Waals surface area contributed by atoms with Crippen LogP contribution in [0.1, 0.15) is 32.0 Å². The van der Waals surface area contributed by atoms with Crippen molar-refractivity contribution in [2.45, 2.75) is 26.3 Å². The van der Waals surface area contributed by atoms with Crippen LogP contribution in [0, 0.1) is 5.41 Å². The highest BCUT2D eigenvalue weighted by atomic mass is 15.3. The van der Waals surface area contributed by atoms with Gasteiger partial charge in [0.1, 0.15) is 16.9 Å². The van der Waals surface area contributed by atoms with Crippen LogP contribution in [0.4, 0.5) is 0 Å². The molecule has 2 aromatic carbocycles. The summed E-state index contributed by atoms with van der Waals surface area (Å²) in [7, 11) is 0. The molecule has 0 aliphatic carbocycles. The standard InChI is InChI=1S/C19H20N6/c1-18(2,3)19(23-24-20,15-12-8-5-9-13-15)17-16(21-25-22-17)14-10-6-4-7-11-14/h4-13H,1-3H3,(H,21,22,25). The fourth-order valence-electron chi connectivity index (χ4n) is 3.21. The van der Waals surface area contributed by atoms with E-state index in [9.17, 15) is 5.53 Å². The average Bonchev–Trinajstić information content (AvgIpc) is 3.10. The number of benzene rings is 2. The lowest BCUT2D eigenvalue weighted by atomic mass is 9.67. The monoisotopic (exact) mass is 332 g/mol. The first-order valence-electron chi connectivity index (χ1n) is 8.09. The number of aromatic amines is 1. The third kappa shape index (κ3) is 2.77. The number of aromatic nitrogens is 3. The minimum Gasteiger partial charge on any atom is -0.197 e. The quantitative estimate of drug-likeness (QED) is 0.410. The molecule has 0 fully saturated rings. The Labute approximate surface area is 146 Å². The van der Waals surface area contributed by atoms with Crippen LogP contribution in [0.5, 0.6) is 0 Å².